The van der Waals surface area contributed by atoms with Crippen LogP contribution in [-0.4, -0.2) is 18.6 Å². The van der Waals surface area contributed by atoms with Gasteiger partial charge in [0.25, 0.3) is 0 Å². The predicted octanol–water partition coefficient (Wildman–Crippen LogP) is -0.495. The quantitative estimate of drug-likeness (QED) is 0.524. The van der Waals surface area contributed by atoms with Crippen LogP contribution < -0.4 is 11.5 Å². The highest BCUT2D eigenvalue weighted by molar-refractivity contribution is 5.65. The normalized spacial score (nSPS) is 20.8. The van der Waals surface area contributed by atoms with Gasteiger partial charge in [-0.15, -0.1) is 0 Å². The lowest BCUT2D eigenvalue weighted by Gasteiger charge is -2.35. The number of cyclic esters (lactones) is 2. The van der Waals surface area contributed by atoms with Gasteiger partial charge in [0.2, 0.25) is 0 Å². The molecule has 0 aliphatic carbocycles. The van der Waals surface area contributed by atoms with E-state index in [0.717, 1.165) is 0 Å². The molecule has 5 nitrogen and oxygen atoms in total. The van der Waals surface area contributed by atoms with Gasteiger partial charge in [-0.05, 0) is 13.0 Å². The van der Waals surface area contributed by atoms with Gasteiger partial charge in [0, 0.05) is 6.42 Å². The Labute approximate surface area is 58.3 Å². The fourth-order valence-electron chi connectivity index (χ4n) is 0.740. The molecule has 1 heterocycles. The van der Waals surface area contributed by atoms with E-state index in [1.807, 2.05) is 0 Å². The molecule has 0 aromatic rings. The van der Waals surface area contributed by atoms with Crippen LogP contribution >= 0.6 is 0 Å². The van der Waals surface area contributed by atoms with Crippen molar-refractivity contribution in [3.05, 3.63) is 0 Å². The Morgan fingerprint density at radius 2 is 2.10 bits per heavy atom. The van der Waals surface area contributed by atoms with Gasteiger partial charge in [0.15, 0.2) is 0 Å². The van der Waals surface area contributed by atoms with Crippen LogP contribution in [0.1, 0.15) is 12.8 Å². The first-order valence-corrected chi connectivity index (χ1v) is 3.07. The van der Waals surface area contributed by atoms with Crippen molar-refractivity contribution in [2.75, 3.05) is 6.54 Å². The number of rotatable bonds is 3. The van der Waals surface area contributed by atoms with E-state index >= 15 is 0 Å². The molecule has 0 saturated carbocycles. The Morgan fingerprint density at radius 3 is 2.50 bits per heavy atom. The SMILES string of the molecule is NCCCC1(N)OC(=O)O1. The molecule has 1 aliphatic rings. The molecule has 1 rings (SSSR count). The van der Waals surface area contributed by atoms with Crippen LogP contribution in [0, 0.1) is 0 Å². The first kappa shape index (κ1) is 7.30. The van der Waals surface area contributed by atoms with Crippen LogP contribution in [0.4, 0.5) is 4.79 Å². The zero-order valence-electron chi connectivity index (χ0n) is 5.50. The van der Waals surface area contributed by atoms with E-state index in [-0.39, 0.29) is 0 Å². The van der Waals surface area contributed by atoms with E-state index in [1.54, 1.807) is 0 Å². The zero-order chi connectivity index (χ0) is 7.61. The molecular weight excluding hydrogens is 136 g/mol. The molecule has 0 radical (unpaired) electrons. The summed E-state index contributed by atoms with van der Waals surface area (Å²) in [6, 6.07) is 0. The second-order valence-corrected chi connectivity index (χ2v) is 2.16. The molecule has 1 fully saturated rings. The molecule has 0 bridgehead atoms. The lowest BCUT2D eigenvalue weighted by molar-refractivity contribution is -0.271. The molecule has 10 heavy (non-hydrogen) atoms. The predicted molar refractivity (Wildman–Crippen MR) is 32.8 cm³/mol. The van der Waals surface area contributed by atoms with Crippen molar-refractivity contribution in [3.63, 3.8) is 0 Å². The molecule has 0 spiro atoms. The van der Waals surface area contributed by atoms with Crippen LogP contribution in [0.25, 0.3) is 0 Å². The average Bonchev–Trinajstić information content (AvgIpc) is 1.81. The summed E-state index contributed by atoms with van der Waals surface area (Å²) in [7, 11) is 0. The van der Waals surface area contributed by atoms with E-state index in [0.29, 0.717) is 19.4 Å². The third kappa shape index (κ3) is 1.37. The minimum atomic E-state index is -1.18. The Morgan fingerprint density at radius 1 is 1.50 bits per heavy atom. The van der Waals surface area contributed by atoms with Crippen LogP contribution in [0.5, 0.6) is 0 Å². The van der Waals surface area contributed by atoms with Crippen LogP contribution in [0.2, 0.25) is 0 Å². The monoisotopic (exact) mass is 146 g/mol. The molecule has 0 aromatic carbocycles. The minimum absolute atomic E-state index is 0.454. The number of nitrogens with two attached hydrogens (primary N) is 2. The fourth-order valence-corrected chi connectivity index (χ4v) is 0.740. The standard InChI is InChI=1S/C5H10N2O3/c6-3-1-2-5(7)9-4(8)10-5/h1-3,6-7H2. The summed E-state index contributed by atoms with van der Waals surface area (Å²) in [6.07, 6.45) is 0.429. The highest BCUT2D eigenvalue weighted by Crippen LogP contribution is 2.23. The minimum Gasteiger partial charge on any atom is -0.376 e. The fraction of sp³-hybridized carbons (Fsp3) is 0.800. The van der Waals surface area contributed by atoms with Crippen molar-refractivity contribution in [2.45, 2.75) is 18.8 Å². The number of hydrogen-bond acceptors (Lipinski definition) is 5. The molecule has 5 heteroatoms. The van der Waals surface area contributed by atoms with Crippen LogP contribution in [0.15, 0.2) is 0 Å². The Bertz CT molecular complexity index is 140. The molecule has 1 aliphatic heterocycles. The highest BCUT2D eigenvalue weighted by Gasteiger charge is 2.44. The molecular formula is C5H10N2O3. The molecule has 0 atom stereocenters. The van der Waals surface area contributed by atoms with Gasteiger partial charge in [-0.1, -0.05) is 0 Å². The first-order valence-electron chi connectivity index (χ1n) is 3.07. The van der Waals surface area contributed by atoms with Crippen molar-refractivity contribution < 1.29 is 14.3 Å². The summed E-state index contributed by atoms with van der Waals surface area (Å²) >= 11 is 0. The Balaban J connectivity index is 2.21. The van der Waals surface area contributed by atoms with Gasteiger partial charge in [0.05, 0.1) is 0 Å². The lowest BCUT2D eigenvalue weighted by Crippen LogP contribution is -2.57. The van der Waals surface area contributed by atoms with Gasteiger partial charge in [-0.25, -0.2) is 4.79 Å². The van der Waals surface area contributed by atoms with Gasteiger partial charge >= 0.3 is 12.1 Å². The Hall–Kier alpha value is -0.810. The third-order valence-corrected chi connectivity index (χ3v) is 1.24. The van der Waals surface area contributed by atoms with Gasteiger partial charge in [-0.3, -0.25) is 5.73 Å². The molecule has 1 saturated heterocycles. The zero-order valence-corrected chi connectivity index (χ0v) is 5.50. The largest absolute Gasteiger partial charge is 0.516 e. The summed E-state index contributed by atoms with van der Waals surface area (Å²) in [6.45, 7) is 0.514. The average molecular weight is 146 g/mol. The van der Waals surface area contributed by atoms with Crippen LogP contribution in [0.3, 0.4) is 0 Å². The van der Waals surface area contributed by atoms with Crippen molar-refractivity contribution in [1.82, 2.24) is 0 Å². The maximum Gasteiger partial charge on any atom is 0.516 e. The number of hydrogen-bond donors (Lipinski definition) is 2. The number of carbonyl (C=O) groups is 1. The van der Waals surface area contributed by atoms with Gasteiger partial charge in [-0.2, -0.15) is 0 Å². The maximum absolute atomic E-state index is 10.1. The summed E-state index contributed by atoms with van der Waals surface area (Å²) in [4.78, 5) is 10.1. The van der Waals surface area contributed by atoms with Crippen molar-refractivity contribution in [2.24, 2.45) is 11.5 Å². The molecule has 58 valence electrons. The molecule has 0 amide bonds. The third-order valence-electron chi connectivity index (χ3n) is 1.24. The van der Waals surface area contributed by atoms with Gasteiger partial charge < -0.3 is 15.2 Å². The van der Waals surface area contributed by atoms with Crippen molar-refractivity contribution >= 4 is 6.16 Å². The summed E-state index contributed by atoms with van der Waals surface area (Å²) < 4.78 is 8.98. The number of carbonyl (C=O) groups excluding carboxylic acids is 1. The van der Waals surface area contributed by atoms with E-state index in [9.17, 15) is 4.79 Å². The van der Waals surface area contributed by atoms with Crippen molar-refractivity contribution in [3.8, 4) is 0 Å². The van der Waals surface area contributed by atoms with Crippen LogP contribution in [-0.2, 0) is 9.47 Å². The first-order chi connectivity index (χ1) is 4.66. The topological polar surface area (TPSA) is 87.6 Å². The van der Waals surface area contributed by atoms with Gasteiger partial charge in [0.1, 0.15) is 0 Å². The number of ether oxygens (including phenoxy) is 2. The maximum atomic E-state index is 10.1. The molecule has 0 aromatic heterocycles. The summed E-state index contributed by atoms with van der Waals surface area (Å²) in [5.74, 6) is -1.18. The molecule has 0 unspecified atom stereocenters. The second-order valence-electron chi connectivity index (χ2n) is 2.16. The smallest absolute Gasteiger partial charge is 0.376 e. The second kappa shape index (κ2) is 2.43. The van der Waals surface area contributed by atoms with E-state index in [1.165, 1.54) is 0 Å². The lowest BCUT2D eigenvalue weighted by atomic mass is 10.2. The summed E-state index contributed by atoms with van der Waals surface area (Å²) in [5.41, 5.74) is 10.6. The van der Waals surface area contributed by atoms with E-state index in [2.05, 4.69) is 9.47 Å². The van der Waals surface area contributed by atoms with E-state index < -0.39 is 12.1 Å². The molecule has 4 N–H and O–H groups in total. The van der Waals surface area contributed by atoms with Crippen molar-refractivity contribution in [1.29, 1.82) is 0 Å². The Kier molecular flexibility index (Phi) is 1.78. The van der Waals surface area contributed by atoms with E-state index in [4.69, 9.17) is 11.5 Å². The highest BCUT2D eigenvalue weighted by atomic mass is 16.9. The summed E-state index contributed by atoms with van der Waals surface area (Å²) in [5, 5.41) is 0.